The molecule has 0 bridgehead atoms. The molecular formula is C40H38N2. The van der Waals surface area contributed by atoms with E-state index in [4.69, 9.17) is 0 Å². The van der Waals surface area contributed by atoms with E-state index in [-0.39, 0.29) is 11.5 Å². The summed E-state index contributed by atoms with van der Waals surface area (Å²) in [5, 5.41) is 0. The van der Waals surface area contributed by atoms with E-state index >= 15 is 0 Å². The van der Waals surface area contributed by atoms with Crippen LogP contribution in [-0.2, 0) is 0 Å². The number of nitrogens with zero attached hydrogens (tertiary/aromatic N) is 2. The van der Waals surface area contributed by atoms with E-state index in [1.807, 2.05) is 0 Å². The Labute approximate surface area is 250 Å². The number of allylic oxidation sites excluding steroid dienone is 4. The minimum absolute atomic E-state index is 0.0937. The Hall–Kier alpha value is -4.56. The molecule has 3 unspecified atom stereocenters. The Morgan fingerprint density at radius 2 is 1.26 bits per heavy atom. The van der Waals surface area contributed by atoms with Gasteiger partial charge >= 0.3 is 0 Å². The molecule has 208 valence electrons. The molecule has 0 radical (unpaired) electrons. The van der Waals surface area contributed by atoms with Crippen LogP contribution in [0.1, 0.15) is 50.3 Å². The molecule has 0 heterocycles. The molecule has 0 spiro atoms. The third-order valence-corrected chi connectivity index (χ3v) is 9.16. The van der Waals surface area contributed by atoms with E-state index in [0.717, 1.165) is 19.3 Å². The topological polar surface area (TPSA) is 6.48 Å². The Bertz CT molecular complexity index is 1640. The van der Waals surface area contributed by atoms with Crippen LogP contribution in [0.5, 0.6) is 0 Å². The van der Waals surface area contributed by atoms with Crippen molar-refractivity contribution in [3.05, 3.63) is 168 Å². The maximum absolute atomic E-state index is 2.61. The minimum atomic E-state index is -0.245. The van der Waals surface area contributed by atoms with Gasteiger partial charge < -0.3 is 9.80 Å². The average Bonchev–Trinajstić information content (AvgIpc) is 3.04. The van der Waals surface area contributed by atoms with Crippen LogP contribution in [0.25, 0.3) is 5.70 Å². The van der Waals surface area contributed by atoms with E-state index in [1.165, 1.54) is 45.2 Å². The molecule has 0 fully saturated rings. The quantitative estimate of drug-likeness (QED) is 0.222. The summed E-state index contributed by atoms with van der Waals surface area (Å²) in [4.78, 5) is 5.12. The molecule has 0 aromatic heterocycles. The molecule has 0 amide bonds. The van der Waals surface area contributed by atoms with Gasteiger partial charge in [-0.15, -0.1) is 0 Å². The van der Waals surface area contributed by atoms with Crippen molar-refractivity contribution in [1.29, 1.82) is 0 Å². The van der Waals surface area contributed by atoms with E-state index in [9.17, 15) is 0 Å². The van der Waals surface area contributed by atoms with E-state index < -0.39 is 0 Å². The third kappa shape index (κ3) is 4.43. The number of hydrogen-bond donors (Lipinski definition) is 0. The zero-order valence-corrected chi connectivity index (χ0v) is 24.5. The monoisotopic (exact) mass is 546 g/mol. The standard InChI is InChI=1S/C40H38N2/c1-30-18-17-29-40(2)37(30)38(41(31-19-7-3-8-20-31)32-21-9-4-10-22-32)35-27-15-16-28-36(35)39(40)42(33-23-11-5-12-24-33)34-25-13-6-14-26-34/h3-5,7-13,15-17,19-30,39H,6,14,18H2,1-2H3. The molecule has 4 aromatic rings. The highest BCUT2D eigenvalue weighted by atomic mass is 15.2. The van der Waals surface area contributed by atoms with Crippen molar-refractivity contribution in [3.8, 4) is 0 Å². The molecule has 2 heteroatoms. The smallest absolute Gasteiger partial charge is 0.0724 e. The highest BCUT2D eigenvalue weighted by Crippen LogP contribution is 2.60. The van der Waals surface area contributed by atoms with Gasteiger partial charge in [0.15, 0.2) is 0 Å². The van der Waals surface area contributed by atoms with Gasteiger partial charge in [0.05, 0.1) is 11.7 Å². The first-order valence-electron chi connectivity index (χ1n) is 15.3. The van der Waals surface area contributed by atoms with Crippen LogP contribution in [-0.4, -0.2) is 0 Å². The highest BCUT2D eigenvalue weighted by molar-refractivity contribution is 5.93. The lowest BCUT2D eigenvalue weighted by molar-refractivity contribution is 0.340. The van der Waals surface area contributed by atoms with Gasteiger partial charge in [-0.3, -0.25) is 0 Å². The largest absolute Gasteiger partial charge is 0.333 e. The fraction of sp³-hybridized carbons (Fsp3) is 0.200. The molecule has 42 heavy (non-hydrogen) atoms. The summed E-state index contributed by atoms with van der Waals surface area (Å²) in [7, 11) is 0. The summed E-state index contributed by atoms with van der Waals surface area (Å²) in [5.74, 6) is 0.384. The summed E-state index contributed by atoms with van der Waals surface area (Å²) in [6.45, 7) is 4.90. The number of hydrogen-bond acceptors (Lipinski definition) is 2. The van der Waals surface area contributed by atoms with Crippen LogP contribution in [0.2, 0.25) is 0 Å². The lowest BCUT2D eigenvalue weighted by Gasteiger charge is -2.53. The second-order valence-corrected chi connectivity index (χ2v) is 11.9. The molecule has 0 aliphatic heterocycles. The Balaban J connectivity index is 1.55. The van der Waals surface area contributed by atoms with Gasteiger partial charge in [0.25, 0.3) is 0 Å². The lowest BCUT2D eigenvalue weighted by atomic mass is 9.60. The Morgan fingerprint density at radius 1 is 0.667 bits per heavy atom. The van der Waals surface area contributed by atoms with Gasteiger partial charge in [-0.05, 0) is 85.7 Å². The lowest BCUT2D eigenvalue weighted by Crippen LogP contribution is -2.46. The molecule has 7 rings (SSSR count). The van der Waals surface area contributed by atoms with Crippen LogP contribution < -0.4 is 9.80 Å². The summed E-state index contributed by atoms with van der Waals surface area (Å²) < 4.78 is 0. The molecule has 0 N–H and O–H groups in total. The highest BCUT2D eigenvalue weighted by Gasteiger charge is 2.50. The maximum atomic E-state index is 2.61. The molecule has 2 nitrogen and oxygen atoms in total. The van der Waals surface area contributed by atoms with Crippen molar-refractivity contribution < 1.29 is 0 Å². The van der Waals surface area contributed by atoms with Gasteiger partial charge in [-0.1, -0.05) is 110 Å². The van der Waals surface area contributed by atoms with Gasteiger partial charge in [0, 0.05) is 33.7 Å². The van der Waals surface area contributed by atoms with Crippen molar-refractivity contribution >= 4 is 22.8 Å². The van der Waals surface area contributed by atoms with Crippen molar-refractivity contribution in [3.63, 3.8) is 0 Å². The molecule has 3 aliphatic carbocycles. The second kappa shape index (κ2) is 11.0. The fourth-order valence-corrected chi connectivity index (χ4v) is 7.43. The summed E-state index contributed by atoms with van der Waals surface area (Å²) in [6, 6.07) is 42.0. The zero-order valence-electron chi connectivity index (χ0n) is 24.5. The molecule has 3 atom stereocenters. The van der Waals surface area contributed by atoms with Crippen LogP contribution in [0.4, 0.5) is 17.1 Å². The predicted octanol–water partition coefficient (Wildman–Crippen LogP) is 10.6. The van der Waals surface area contributed by atoms with Crippen LogP contribution >= 0.6 is 0 Å². The average molecular weight is 547 g/mol. The maximum Gasteiger partial charge on any atom is 0.0724 e. The first-order chi connectivity index (χ1) is 20.7. The summed E-state index contributed by atoms with van der Waals surface area (Å²) in [6.07, 6.45) is 15.2. The molecule has 3 aliphatic rings. The van der Waals surface area contributed by atoms with Gasteiger partial charge in [-0.2, -0.15) is 0 Å². The number of benzene rings is 4. The number of para-hydroxylation sites is 3. The van der Waals surface area contributed by atoms with Crippen LogP contribution in [0.3, 0.4) is 0 Å². The minimum Gasteiger partial charge on any atom is -0.333 e. The molecule has 0 saturated heterocycles. The normalized spacial score (nSPS) is 22.7. The van der Waals surface area contributed by atoms with Crippen LogP contribution in [0.15, 0.2) is 157 Å². The summed E-state index contributed by atoms with van der Waals surface area (Å²) >= 11 is 0. The number of fused-ring (bicyclic) bond motifs is 2. The van der Waals surface area contributed by atoms with Crippen molar-refractivity contribution in [2.45, 2.75) is 39.2 Å². The van der Waals surface area contributed by atoms with Crippen LogP contribution in [0, 0.1) is 11.3 Å². The number of anilines is 3. The first kappa shape index (κ1) is 26.3. The molecule has 0 saturated carbocycles. The Morgan fingerprint density at radius 3 is 1.88 bits per heavy atom. The third-order valence-electron chi connectivity index (χ3n) is 9.16. The molecular weight excluding hydrogens is 508 g/mol. The zero-order chi connectivity index (χ0) is 28.5. The van der Waals surface area contributed by atoms with E-state index in [2.05, 4.69) is 169 Å². The van der Waals surface area contributed by atoms with Crippen molar-refractivity contribution in [1.82, 2.24) is 0 Å². The van der Waals surface area contributed by atoms with E-state index in [0.29, 0.717) is 5.92 Å². The van der Waals surface area contributed by atoms with Gasteiger partial charge in [0.2, 0.25) is 0 Å². The first-order valence-corrected chi connectivity index (χ1v) is 15.3. The molecule has 4 aromatic carbocycles. The second-order valence-electron chi connectivity index (χ2n) is 11.9. The SMILES string of the molecule is CC1CC=CC2(C)C1=C(N(c1ccccc1)c1ccccc1)c1ccccc1C2N(C1=CCCC=C1)c1ccccc1. The van der Waals surface area contributed by atoms with Gasteiger partial charge in [-0.25, -0.2) is 0 Å². The van der Waals surface area contributed by atoms with E-state index in [1.54, 1.807) is 0 Å². The number of rotatable bonds is 6. The van der Waals surface area contributed by atoms with Crippen molar-refractivity contribution in [2.75, 3.05) is 9.80 Å². The predicted molar refractivity (Wildman–Crippen MR) is 178 cm³/mol. The van der Waals surface area contributed by atoms with Crippen molar-refractivity contribution in [2.24, 2.45) is 11.3 Å². The fourth-order valence-electron chi connectivity index (χ4n) is 7.43. The van der Waals surface area contributed by atoms with Gasteiger partial charge in [0.1, 0.15) is 0 Å². The Kier molecular flexibility index (Phi) is 6.91. The summed E-state index contributed by atoms with van der Waals surface area (Å²) in [5.41, 5.74) is 10.1.